The lowest BCUT2D eigenvalue weighted by Gasteiger charge is -2.21. The third kappa shape index (κ3) is 5.51. The van der Waals surface area contributed by atoms with E-state index in [4.69, 9.17) is 9.47 Å². The lowest BCUT2D eigenvalue weighted by Crippen LogP contribution is -2.31. The second-order valence-corrected chi connectivity index (χ2v) is 8.87. The number of carbonyl (C=O) groups is 1. The predicted octanol–water partition coefficient (Wildman–Crippen LogP) is 2.92. The molecule has 4 rings (SSSR count). The molecule has 3 aromatic rings. The Morgan fingerprint density at radius 1 is 1.08 bits per heavy atom. The molecular formula is C25H33N7O4. The van der Waals surface area contributed by atoms with Gasteiger partial charge in [-0.2, -0.15) is 0 Å². The van der Waals surface area contributed by atoms with Crippen LogP contribution in [0.15, 0.2) is 23.5 Å². The van der Waals surface area contributed by atoms with Crippen molar-refractivity contribution < 1.29 is 19.4 Å². The second kappa shape index (κ2) is 11.3. The minimum atomic E-state index is -0.0593. The minimum Gasteiger partial charge on any atom is -0.494 e. The number of rotatable bonds is 2. The molecule has 0 atom stereocenters. The van der Waals surface area contributed by atoms with Gasteiger partial charge in [0.05, 0.1) is 30.9 Å². The first-order chi connectivity index (χ1) is 17.4. The average molecular weight is 496 g/mol. The van der Waals surface area contributed by atoms with Crippen molar-refractivity contribution in [3.05, 3.63) is 29.6 Å². The van der Waals surface area contributed by atoms with Crippen LogP contribution in [0, 0.1) is 0 Å². The molecule has 36 heavy (non-hydrogen) atoms. The highest BCUT2D eigenvalue weighted by atomic mass is 16.5. The highest BCUT2D eigenvalue weighted by molar-refractivity contribution is 6.06. The fourth-order valence-electron chi connectivity index (χ4n) is 4.34. The summed E-state index contributed by atoms with van der Waals surface area (Å²) in [5.41, 5.74) is 2.52. The molecule has 2 aromatic heterocycles. The number of aromatic nitrogens is 3. The standard InChI is InChI=1S/C25H33N7O4/c1-31-9-6-5-7-20(33)32(2)10-8-26-23-21-18(25(34)30-24(21)29-15-28-23)13-27-17-11-16(14-31)22(36-4)19(12-17)35-3/h11-13,15,34H,5-10,14H2,1-4H3,(H2,26,28,29,30). The Balaban J connectivity index is 1.77. The summed E-state index contributed by atoms with van der Waals surface area (Å²) in [6, 6.07) is 3.74. The number of aliphatic imine (C=N–C) groups is 1. The molecule has 0 radical (unpaired) electrons. The van der Waals surface area contributed by atoms with Crippen LogP contribution in [-0.2, 0) is 11.3 Å². The zero-order valence-electron chi connectivity index (χ0n) is 21.2. The van der Waals surface area contributed by atoms with Crippen LogP contribution in [0.2, 0.25) is 0 Å². The van der Waals surface area contributed by atoms with E-state index < -0.39 is 0 Å². The van der Waals surface area contributed by atoms with E-state index in [-0.39, 0.29) is 11.8 Å². The van der Waals surface area contributed by atoms with Crippen LogP contribution >= 0.6 is 0 Å². The average Bonchev–Trinajstić information content (AvgIpc) is 3.19. The number of hydrogen-bond donors (Lipinski definition) is 3. The lowest BCUT2D eigenvalue weighted by atomic mass is 10.1. The molecule has 1 amide bonds. The van der Waals surface area contributed by atoms with Gasteiger partial charge in [-0.15, -0.1) is 0 Å². The number of benzene rings is 1. The number of aromatic amines is 1. The molecule has 0 fully saturated rings. The molecule has 1 aliphatic heterocycles. The number of amides is 1. The van der Waals surface area contributed by atoms with E-state index >= 15 is 0 Å². The summed E-state index contributed by atoms with van der Waals surface area (Å²) < 4.78 is 11.2. The monoisotopic (exact) mass is 495 g/mol. The van der Waals surface area contributed by atoms with Gasteiger partial charge in [0.2, 0.25) is 5.91 Å². The molecule has 11 heteroatoms. The number of carbonyl (C=O) groups excluding carboxylic acids is 1. The summed E-state index contributed by atoms with van der Waals surface area (Å²) in [7, 11) is 7.05. The molecule has 3 heterocycles. The number of likely N-dealkylation sites (N-methyl/N-ethyl adjacent to an activating group) is 1. The van der Waals surface area contributed by atoms with Gasteiger partial charge in [0.15, 0.2) is 17.4 Å². The molecule has 0 spiro atoms. The first kappa shape index (κ1) is 25.2. The Morgan fingerprint density at radius 3 is 2.69 bits per heavy atom. The predicted molar refractivity (Wildman–Crippen MR) is 139 cm³/mol. The van der Waals surface area contributed by atoms with Gasteiger partial charge in [0, 0.05) is 50.9 Å². The molecule has 1 aromatic carbocycles. The summed E-state index contributed by atoms with van der Waals surface area (Å²) in [5.74, 6) is 1.82. The second-order valence-electron chi connectivity index (χ2n) is 8.87. The van der Waals surface area contributed by atoms with E-state index in [1.165, 1.54) is 6.33 Å². The van der Waals surface area contributed by atoms with Crippen LogP contribution in [-0.4, -0.2) is 89.9 Å². The number of fused-ring (bicyclic) bond motifs is 2. The van der Waals surface area contributed by atoms with E-state index in [1.807, 2.05) is 13.1 Å². The van der Waals surface area contributed by atoms with Crippen LogP contribution in [0.4, 0.5) is 11.5 Å². The number of methoxy groups -OCH3 is 2. The number of ether oxygens (including phenoxy) is 2. The number of anilines is 1. The Hall–Kier alpha value is -3.86. The Kier molecular flexibility index (Phi) is 7.89. The van der Waals surface area contributed by atoms with Crippen LogP contribution < -0.4 is 14.8 Å². The van der Waals surface area contributed by atoms with Crippen molar-refractivity contribution in [1.82, 2.24) is 24.8 Å². The Labute approximate surface area is 210 Å². The van der Waals surface area contributed by atoms with Crippen LogP contribution in [0.5, 0.6) is 17.4 Å². The van der Waals surface area contributed by atoms with Crippen LogP contribution in [0.1, 0.15) is 30.4 Å². The van der Waals surface area contributed by atoms with Gasteiger partial charge in [0.1, 0.15) is 17.8 Å². The van der Waals surface area contributed by atoms with Crippen molar-refractivity contribution in [2.24, 2.45) is 4.99 Å². The molecule has 0 saturated heterocycles. The summed E-state index contributed by atoms with van der Waals surface area (Å²) in [4.78, 5) is 32.6. The molecule has 11 nitrogen and oxygen atoms in total. The van der Waals surface area contributed by atoms with E-state index in [9.17, 15) is 9.90 Å². The highest BCUT2D eigenvalue weighted by Crippen LogP contribution is 2.37. The van der Waals surface area contributed by atoms with Crippen LogP contribution in [0.3, 0.4) is 0 Å². The molecule has 0 aliphatic carbocycles. The fraction of sp³-hybridized carbons (Fsp3) is 0.440. The van der Waals surface area contributed by atoms with Gasteiger partial charge >= 0.3 is 0 Å². The van der Waals surface area contributed by atoms with Gasteiger partial charge in [-0.3, -0.25) is 9.79 Å². The van der Waals surface area contributed by atoms with E-state index in [0.29, 0.717) is 65.7 Å². The number of nitrogens with zero attached hydrogens (tertiary/aromatic N) is 5. The van der Waals surface area contributed by atoms with Crippen LogP contribution in [0.25, 0.3) is 11.0 Å². The minimum absolute atomic E-state index is 0.0593. The zero-order chi connectivity index (χ0) is 25.7. The first-order valence-corrected chi connectivity index (χ1v) is 11.9. The molecule has 2 bridgehead atoms. The SMILES string of the molecule is COc1cc2cc(c1OC)CN(C)CCCCC(=O)N(C)CCNc1ncnc3[nH]c(O)c(c13)C=N2. The van der Waals surface area contributed by atoms with Gasteiger partial charge in [0.25, 0.3) is 0 Å². The van der Waals surface area contributed by atoms with Crippen molar-refractivity contribution in [3.63, 3.8) is 0 Å². The van der Waals surface area contributed by atoms with Crippen molar-refractivity contribution in [2.75, 3.05) is 53.3 Å². The number of hydrogen-bond acceptors (Lipinski definition) is 9. The van der Waals surface area contributed by atoms with Crippen molar-refractivity contribution in [1.29, 1.82) is 0 Å². The van der Waals surface area contributed by atoms with E-state index in [0.717, 1.165) is 24.9 Å². The normalized spacial score (nSPS) is 16.2. The topological polar surface area (TPSA) is 128 Å². The molecule has 0 saturated carbocycles. The highest BCUT2D eigenvalue weighted by Gasteiger charge is 2.18. The third-order valence-electron chi connectivity index (χ3n) is 6.28. The Bertz CT molecular complexity index is 1260. The summed E-state index contributed by atoms with van der Waals surface area (Å²) in [5, 5.41) is 14.5. The van der Waals surface area contributed by atoms with Gasteiger partial charge in [-0.25, -0.2) is 9.97 Å². The van der Waals surface area contributed by atoms with E-state index in [2.05, 4.69) is 30.2 Å². The summed E-state index contributed by atoms with van der Waals surface area (Å²) in [6.45, 7) is 2.48. The van der Waals surface area contributed by atoms with Gasteiger partial charge in [-0.05, 0) is 32.5 Å². The molecule has 192 valence electrons. The smallest absolute Gasteiger partial charge is 0.222 e. The molecule has 0 unspecified atom stereocenters. The van der Waals surface area contributed by atoms with Crippen molar-refractivity contribution >= 4 is 34.7 Å². The first-order valence-electron chi connectivity index (χ1n) is 11.9. The maximum Gasteiger partial charge on any atom is 0.222 e. The largest absolute Gasteiger partial charge is 0.494 e. The van der Waals surface area contributed by atoms with E-state index in [1.54, 1.807) is 38.4 Å². The summed E-state index contributed by atoms with van der Waals surface area (Å²) in [6.07, 6.45) is 5.21. The summed E-state index contributed by atoms with van der Waals surface area (Å²) >= 11 is 0. The fourth-order valence-corrected chi connectivity index (χ4v) is 4.34. The van der Waals surface area contributed by atoms with Crippen molar-refractivity contribution in [3.8, 4) is 17.4 Å². The lowest BCUT2D eigenvalue weighted by molar-refractivity contribution is -0.129. The number of nitrogens with one attached hydrogen (secondary N) is 2. The quantitative estimate of drug-likeness (QED) is 0.495. The molecule has 1 aliphatic rings. The molecular weight excluding hydrogens is 462 g/mol. The van der Waals surface area contributed by atoms with Crippen molar-refractivity contribution in [2.45, 2.75) is 25.8 Å². The zero-order valence-corrected chi connectivity index (χ0v) is 21.2. The number of aromatic hydroxyl groups is 1. The maximum atomic E-state index is 12.6. The van der Waals surface area contributed by atoms with Gasteiger partial charge < -0.3 is 34.7 Å². The Morgan fingerprint density at radius 2 is 1.92 bits per heavy atom. The number of H-pyrrole nitrogens is 1. The third-order valence-corrected chi connectivity index (χ3v) is 6.28. The maximum absolute atomic E-state index is 12.6. The molecule has 3 N–H and O–H groups in total. The van der Waals surface area contributed by atoms with Gasteiger partial charge in [-0.1, -0.05) is 0 Å².